The summed E-state index contributed by atoms with van der Waals surface area (Å²) in [6.45, 7) is 10.8. The Morgan fingerprint density at radius 2 is 2.00 bits per heavy atom. The van der Waals surface area contributed by atoms with E-state index < -0.39 is 5.54 Å². The van der Waals surface area contributed by atoms with Gasteiger partial charge in [-0.15, -0.1) is 0 Å². The van der Waals surface area contributed by atoms with Gasteiger partial charge in [0.15, 0.2) is 0 Å². The molecule has 1 aromatic carbocycles. The van der Waals surface area contributed by atoms with Gasteiger partial charge in [-0.1, -0.05) is 69.7 Å². The van der Waals surface area contributed by atoms with Crippen molar-refractivity contribution in [3.63, 3.8) is 0 Å². The van der Waals surface area contributed by atoms with E-state index in [1.165, 1.54) is 0 Å². The van der Waals surface area contributed by atoms with Crippen LogP contribution in [-0.2, 0) is 4.79 Å². The first-order valence-corrected chi connectivity index (χ1v) is 10.5. The molecule has 1 heterocycles. The fraction of sp³-hybridized carbons (Fsp3) is 0.400. The zero-order chi connectivity index (χ0) is 20.9. The maximum atomic E-state index is 13.2. The predicted octanol–water partition coefficient (Wildman–Crippen LogP) is 5.43. The third-order valence-corrected chi connectivity index (χ3v) is 5.76. The first-order chi connectivity index (χ1) is 14.0. The van der Waals surface area contributed by atoms with Crippen LogP contribution in [0.4, 0.5) is 0 Å². The van der Waals surface area contributed by atoms with Crippen LogP contribution in [0.1, 0.15) is 63.0 Å². The van der Waals surface area contributed by atoms with Gasteiger partial charge in [0.1, 0.15) is 11.4 Å². The first kappa shape index (κ1) is 20.8. The topological polar surface area (TPSA) is 56.5 Å². The van der Waals surface area contributed by atoms with Crippen LogP contribution in [0.5, 0.6) is 0 Å². The van der Waals surface area contributed by atoms with Crippen LogP contribution in [0.2, 0.25) is 0 Å². The lowest BCUT2D eigenvalue weighted by atomic mass is 9.98. The van der Waals surface area contributed by atoms with Gasteiger partial charge in [0.2, 0.25) is 0 Å². The Kier molecular flexibility index (Phi) is 6.49. The number of rotatable bonds is 8. The number of amidine groups is 1. The van der Waals surface area contributed by atoms with Crippen LogP contribution >= 0.6 is 0 Å². The molecule has 3 rings (SSSR count). The highest BCUT2D eigenvalue weighted by molar-refractivity contribution is 6.08. The number of unbranched alkanes of at least 4 members (excludes halogenated alkanes) is 1. The van der Waals surface area contributed by atoms with Gasteiger partial charge in [-0.25, -0.2) is 0 Å². The minimum Gasteiger partial charge on any atom is -0.294 e. The van der Waals surface area contributed by atoms with E-state index in [1.54, 1.807) is 6.07 Å². The van der Waals surface area contributed by atoms with Gasteiger partial charge in [0, 0.05) is 6.42 Å². The molecule has 150 valence electrons. The normalized spacial score (nSPS) is 17.7. The van der Waals surface area contributed by atoms with E-state index >= 15 is 0 Å². The van der Waals surface area contributed by atoms with Crippen molar-refractivity contribution in [2.45, 2.75) is 57.4 Å². The molecule has 4 heteroatoms. The van der Waals surface area contributed by atoms with Crippen molar-refractivity contribution in [2.75, 3.05) is 6.54 Å². The van der Waals surface area contributed by atoms with Crippen molar-refractivity contribution in [2.24, 2.45) is 4.99 Å². The SMILES string of the molecule is C=C(/C=C\C(=C)c1ccccc1C#N)CN1C(=O)C2(CCCC2)N=C1CCCC. The third-order valence-electron chi connectivity index (χ3n) is 5.76. The van der Waals surface area contributed by atoms with Gasteiger partial charge in [0.25, 0.3) is 5.91 Å². The van der Waals surface area contributed by atoms with Gasteiger partial charge >= 0.3 is 0 Å². The summed E-state index contributed by atoms with van der Waals surface area (Å²) in [5, 5.41) is 9.27. The molecule has 0 unspecified atom stereocenters. The Balaban J connectivity index is 1.71. The molecule has 0 atom stereocenters. The zero-order valence-electron chi connectivity index (χ0n) is 17.3. The van der Waals surface area contributed by atoms with Gasteiger partial charge in [-0.05, 0) is 42.0 Å². The number of aliphatic imine (C=N–C) groups is 1. The maximum absolute atomic E-state index is 13.2. The van der Waals surface area contributed by atoms with Crippen LogP contribution in [0.25, 0.3) is 5.57 Å². The molecule has 1 aromatic rings. The average molecular weight is 388 g/mol. The second-order valence-corrected chi connectivity index (χ2v) is 7.94. The number of carbonyl (C=O) groups excluding carboxylic acids is 1. The molecule has 0 aromatic heterocycles. The highest BCUT2D eigenvalue weighted by Gasteiger charge is 2.49. The van der Waals surface area contributed by atoms with Crippen molar-refractivity contribution in [3.05, 3.63) is 66.3 Å². The zero-order valence-corrected chi connectivity index (χ0v) is 17.3. The maximum Gasteiger partial charge on any atom is 0.256 e. The number of carbonyl (C=O) groups is 1. The number of hydrogen-bond donors (Lipinski definition) is 0. The van der Waals surface area contributed by atoms with E-state index in [9.17, 15) is 10.1 Å². The lowest BCUT2D eigenvalue weighted by Gasteiger charge is -2.22. The highest BCUT2D eigenvalue weighted by atomic mass is 16.2. The van der Waals surface area contributed by atoms with E-state index in [4.69, 9.17) is 4.99 Å². The summed E-state index contributed by atoms with van der Waals surface area (Å²) in [6, 6.07) is 9.60. The van der Waals surface area contributed by atoms with Crippen molar-refractivity contribution in [1.82, 2.24) is 4.90 Å². The third kappa shape index (κ3) is 4.40. The molecular formula is C25H29N3O. The van der Waals surface area contributed by atoms with Crippen LogP contribution in [0.15, 0.2) is 60.1 Å². The quantitative estimate of drug-likeness (QED) is 0.559. The number of hydrogen-bond acceptors (Lipinski definition) is 3. The van der Waals surface area contributed by atoms with Crippen molar-refractivity contribution in [3.8, 4) is 6.07 Å². The van der Waals surface area contributed by atoms with Crippen LogP contribution in [0.3, 0.4) is 0 Å². The van der Waals surface area contributed by atoms with Crippen molar-refractivity contribution < 1.29 is 4.79 Å². The molecule has 1 spiro atoms. The van der Waals surface area contributed by atoms with Gasteiger partial charge in [-0.3, -0.25) is 14.7 Å². The molecule has 0 radical (unpaired) electrons. The predicted molar refractivity (Wildman–Crippen MR) is 118 cm³/mol. The lowest BCUT2D eigenvalue weighted by Crippen LogP contribution is -2.41. The fourth-order valence-electron chi connectivity index (χ4n) is 4.12. The summed E-state index contributed by atoms with van der Waals surface area (Å²) in [6.07, 6.45) is 10.6. The van der Waals surface area contributed by atoms with E-state index in [2.05, 4.69) is 26.2 Å². The van der Waals surface area contributed by atoms with Gasteiger partial charge in [0.05, 0.1) is 18.2 Å². The first-order valence-electron chi connectivity index (χ1n) is 10.5. The molecule has 0 N–H and O–H groups in total. The number of benzene rings is 1. The molecule has 0 bridgehead atoms. The largest absolute Gasteiger partial charge is 0.294 e. The minimum atomic E-state index is -0.512. The fourth-order valence-corrected chi connectivity index (χ4v) is 4.12. The van der Waals surface area contributed by atoms with Crippen LogP contribution < -0.4 is 0 Å². The van der Waals surface area contributed by atoms with E-state index in [0.717, 1.165) is 67.5 Å². The van der Waals surface area contributed by atoms with E-state index in [1.807, 2.05) is 35.3 Å². The number of allylic oxidation sites excluding steroid dienone is 2. The smallest absolute Gasteiger partial charge is 0.256 e. The molecule has 4 nitrogen and oxygen atoms in total. The van der Waals surface area contributed by atoms with E-state index in [0.29, 0.717) is 12.1 Å². The minimum absolute atomic E-state index is 0.143. The summed E-state index contributed by atoms with van der Waals surface area (Å²) >= 11 is 0. The Labute approximate surface area is 173 Å². The molecular weight excluding hydrogens is 358 g/mol. The molecule has 1 saturated carbocycles. The second-order valence-electron chi connectivity index (χ2n) is 7.94. The van der Waals surface area contributed by atoms with Gasteiger partial charge < -0.3 is 0 Å². The van der Waals surface area contributed by atoms with Crippen LogP contribution in [0, 0.1) is 11.3 Å². The average Bonchev–Trinajstić information content (AvgIpc) is 3.31. The molecule has 1 aliphatic heterocycles. The molecule has 1 amide bonds. The molecule has 1 aliphatic carbocycles. The standard InChI is InChI=1S/C25H29N3O/c1-4-5-12-23-27-25(15-8-9-16-25)24(29)28(23)18-19(2)13-14-20(3)22-11-7-6-10-21(22)17-26/h6-7,10-11,13-14H,2-5,8-9,12,15-16,18H2,1H3/b14-13-. The Hall–Kier alpha value is -2.93. The molecule has 2 aliphatic rings. The molecule has 1 fully saturated rings. The summed E-state index contributed by atoms with van der Waals surface area (Å²) in [5.41, 5.74) is 2.48. The van der Waals surface area contributed by atoms with Gasteiger partial charge in [-0.2, -0.15) is 5.26 Å². The summed E-state index contributed by atoms with van der Waals surface area (Å²) in [4.78, 5) is 19.9. The molecule has 29 heavy (non-hydrogen) atoms. The highest BCUT2D eigenvalue weighted by Crippen LogP contribution is 2.39. The van der Waals surface area contributed by atoms with Crippen LogP contribution in [-0.4, -0.2) is 28.7 Å². The molecule has 0 saturated heterocycles. The summed E-state index contributed by atoms with van der Waals surface area (Å²) in [5.74, 6) is 1.06. The Morgan fingerprint density at radius 3 is 2.69 bits per heavy atom. The second kappa shape index (κ2) is 9.05. The lowest BCUT2D eigenvalue weighted by molar-refractivity contribution is -0.130. The summed E-state index contributed by atoms with van der Waals surface area (Å²) < 4.78 is 0. The summed E-state index contributed by atoms with van der Waals surface area (Å²) in [7, 11) is 0. The Morgan fingerprint density at radius 1 is 1.28 bits per heavy atom. The Bertz CT molecular complexity index is 910. The monoisotopic (exact) mass is 387 g/mol. The number of nitriles is 1. The van der Waals surface area contributed by atoms with E-state index in [-0.39, 0.29) is 5.91 Å². The van der Waals surface area contributed by atoms with Crippen molar-refractivity contribution >= 4 is 17.3 Å². The number of amides is 1. The van der Waals surface area contributed by atoms with Crippen molar-refractivity contribution in [1.29, 1.82) is 5.26 Å². The number of nitrogens with zero attached hydrogens (tertiary/aromatic N) is 3.